The van der Waals surface area contributed by atoms with Crippen LogP contribution in [-0.2, 0) is 0 Å². The zero-order chi connectivity index (χ0) is 19.3. The van der Waals surface area contributed by atoms with Gasteiger partial charge in [-0.1, -0.05) is 58.5 Å². The highest BCUT2D eigenvalue weighted by Crippen LogP contribution is 2.29. The van der Waals surface area contributed by atoms with Gasteiger partial charge in [-0.3, -0.25) is 4.79 Å². The van der Waals surface area contributed by atoms with Crippen LogP contribution in [0, 0.1) is 0 Å². The SMILES string of the molecule is O=C(N[C@H](NC(=S)Nc1cccc(O)c1)C(Cl)(Cl)Cl)c1cccc(Cl)c1. The Kier molecular flexibility index (Phi) is 7.20. The second-order valence-electron chi connectivity index (χ2n) is 5.11. The predicted octanol–water partition coefficient (Wildman–Crippen LogP) is 4.46. The third-order valence-corrected chi connectivity index (χ3v) is 4.18. The van der Waals surface area contributed by atoms with Crippen molar-refractivity contribution in [3.63, 3.8) is 0 Å². The van der Waals surface area contributed by atoms with E-state index in [1.807, 2.05) is 0 Å². The molecular formula is C16H13Cl4N3O2S. The van der Waals surface area contributed by atoms with Crippen LogP contribution in [-0.4, -0.2) is 26.1 Å². The number of aromatic hydroxyl groups is 1. The summed E-state index contributed by atoms with van der Waals surface area (Å²) >= 11 is 28.8. The Balaban J connectivity index is 2.07. The molecule has 26 heavy (non-hydrogen) atoms. The molecule has 10 heteroatoms. The topological polar surface area (TPSA) is 73.4 Å². The van der Waals surface area contributed by atoms with Crippen molar-refractivity contribution in [1.29, 1.82) is 0 Å². The van der Waals surface area contributed by atoms with Crippen LogP contribution in [0.3, 0.4) is 0 Å². The van der Waals surface area contributed by atoms with Gasteiger partial charge in [0.25, 0.3) is 5.91 Å². The number of amides is 1. The fourth-order valence-electron chi connectivity index (χ4n) is 1.93. The highest BCUT2D eigenvalue weighted by atomic mass is 35.6. The zero-order valence-electron chi connectivity index (χ0n) is 13.0. The second kappa shape index (κ2) is 8.97. The van der Waals surface area contributed by atoms with Crippen molar-refractivity contribution in [2.24, 2.45) is 0 Å². The van der Waals surface area contributed by atoms with E-state index in [1.54, 1.807) is 30.3 Å². The van der Waals surface area contributed by atoms with Gasteiger partial charge in [0.2, 0.25) is 3.79 Å². The van der Waals surface area contributed by atoms with Gasteiger partial charge < -0.3 is 21.1 Å². The van der Waals surface area contributed by atoms with E-state index in [1.165, 1.54) is 18.2 Å². The van der Waals surface area contributed by atoms with E-state index in [-0.39, 0.29) is 10.9 Å². The summed E-state index contributed by atoms with van der Waals surface area (Å²) in [5.74, 6) is -0.443. The standard InChI is InChI=1S/C16H13Cl4N3O2S/c17-10-4-1-3-9(7-10)13(25)22-14(16(18,19)20)23-15(26)21-11-5-2-6-12(24)8-11/h1-8,14,24H,(H,22,25)(H2,21,23,26)/t14-/m1/s1. The van der Waals surface area contributed by atoms with E-state index < -0.39 is 15.9 Å². The Morgan fingerprint density at radius 2 is 1.77 bits per heavy atom. The first-order chi connectivity index (χ1) is 12.1. The molecule has 0 unspecified atom stereocenters. The number of phenols is 1. The minimum atomic E-state index is -1.89. The van der Waals surface area contributed by atoms with Crippen LogP contribution >= 0.6 is 58.6 Å². The molecule has 0 aliphatic heterocycles. The third kappa shape index (κ3) is 6.37. The van der Waals surface area contributed by atoms with Crippen molar-refractivity contribution in [2.45, 2.75) is 9.96 Å². The molecule has 0 aliphatic rings. The minimum absolute atomic E-state index is 0.0602. The molecule has 2 rings (SSSR count). The largest absolute Gasteiger partial charge is 0.508 e. The second-order valence-corrected chi connectivity index (χ2v) is 8.32. The van der Waals surface area contributed by atoms with Crippen LogP contribution in [0.4, 0.5) is 5.69 Å². The number of carbonyl (C=O) groups excluding carboxylic acids is 1. The van der Waals surface area contributed by atoms with Crippen molar-refractivity contribution in [2.75, 3.05) is 5.32 Å². The Bertz CT molecular complexity index is 814. The lowest BCUT2D eigenvalue weighted by Gasteiger charge is -2.27. The van der Waals surface area contributed by atoms with Gasteiger partial charge in [-0.15, -0.1) is 0 Å². The molecule has 0 saturated carbocycles. The lowest BCUT2D eigenvalue weighted by molar-refractivity contribution is 0.0934. The van der Waals surface area contributed by atoms with Crippen LogP contribution in [0.25, 0.3) is 0 Å². The average molecular weight is 453 g/mol. The lowest BCUT2D eigenvalue weighted by Crippen LogP contribution is -2.56. The predicted molar refractivity (Wildman–Crippen MR) is 110 cm³/mol. The third-order valence-electron chi connectivity index (χ3n) is 3.07. The maximum absolute atomic E-state index is 12.4. The van der Waals surface area contributed by atoms with E-state index in [2.05, 4.69) is 16.0 Å². The van der Waals surface area contributed by atoms with Crippen molar-refractivity contribution in [3.05, 3.63) is 59.1 Å². The van der Waals surface area contributed by atoms with Crippen LogP contribution in [0.15, 0.2) is 48.5 Å². The van der Waals surface area contributed by atoms with Crippen molar-refractivity contribution < 1.29 is 9.90 Å². The number of rotatable bonds is 4. The summed E-state index contributed by atoms with van der Waals surface area (Å²) in [5, 5.41) is 18.0. The van der Waals surface area contributed by atoms with Gasteiger partial charge in [0, 0.05) is 22.3 Å². The number of nitrogens with one attached hydrogen (secondary N) is 3. The summed E-state index contributed by atoms with van der Waals surface area (Å²) < 4.78 is -1.89. The average Bonchev–Trinajstić information content (AvgIpc) is 2.53. The highest BCUT2D eigenvalue weighted by molar-refractivity contribution is 7.80. The molecular weight excluding hydrogens is 440 g/mol. The van der Waals surface area contributed by atoms with Gasteiger partial charge in [0.1, 0.15) is 11.9 Å². The molecule has 0 heterocycles. The van der Waals surface area contributed by atoms with Gasteiger partial charge >= 0.3 is 0 Å². The number of hydrogen-bond acceptors (Lipinski definition) is 3. The van der Waals surface area contributed by atoms with E-state index in [0.29, 0.717) is 16.3 Å². The summed E-state index contributed by atoms with van der Waals surface area (Å²) in [5.41, 5.74) is 0.817. The first-order valence-electron chi connectivity index (χ1n) is 7.15. The lowest BCUT2D eigenvalue weighted by atomic mass is 10.2. The first kappa shape index (κ1) is 20.9. The summed E-state index contributed by atoms with van der Waals surface area (Å²) in [6.45, 7) is 0. The summed E-state index contributed by atoms with van der Waals surface area (Å²) in [7, 11) is 0. The Labute approximate surface area is 175 Å². The quantitative estimate of drug-likeness (QED) is 0.313. The molecule has 5 nitrogen and oxygen atoms in total. The minimum Gasteiger partial charge on any atom is -0.508 e. The Hall–Kier alpha value is -1.44. The van der Waals surface area contributed by atoms with Crippen LogP contribution in [0.1, 0.15) is 10.4 Å². The summed E-state index contributed by atoms with van der Waals surface area (Å²) in [4.78, 5) is 12.4. The summed E-state index contributed by atoms with van der Waals surface area (Å²) in [6, 6.07) is 12.6. The smallest absolute Gasteiger partial charge is 0.253 e. The molecule has 0 aromatic heterocycles. The van der Waals surface area contributed by atoms with Crippen LogP contribution in [0.2, 0.25) is 5.02 Å². The van der Waals surface area contributed by atoms with Gasteiger partial charge in [0.05, 0.1) is 0 Å². The number of benzene rings is 2. The Morgan fingerprint density at radius 1 is 1.08 bits per heavy atom. The maximum atomic E-state index is 12.4. The fourth-order valence-corrected chi connectivity index (χ4v) is 2.68. The van der Waals surface area contributed by atoms with Gasteiger partial charge in [0.15, 0.2) is 5.11 Å². The molecule has 1 amide bonds. The molecule has 0 bridgehead atoms. The van der Waals surface area contributed by atoms with Gasteiger partial charge in [-0.05, 0) is 42.5 Å². The fraction of sp³-hybridized carbons (Fsp3) is 0.125. The number of halogens is 4. The number of alkyl halides is 3. The maximum Gasteiger partial charge on any atom is 0.253 e. The molecule has 1 atom stereocenters. The molecule has 0 radical (unpaired) electrons. The van der Waals surface area contributed by atoms with E-state index in [0.717, 1.165) is 0 Å². The van der Waals surface area contributed by atoms with Crippen molar-refractivity contribution >= 4 is 75.3 Å². The number of hydrogen-bond donors (Lipinski definition) is 4. The highest BCUT2D eigenvalue weighted by Gasteiger charge is 2.34. The first-order valence-corrected chi connectivity index (χ1v) is 9.07. The Morgan fingerprint density at radius 3 is 2.38 bits per heavy atom. The summed E-state index contributed by atoms with van der Waals surface area (Å²) in [6.07, 6.45) is -1.13. The molecule has 0 spiro atoms. The molecule has 0 aliphatic carbocycles. The monoisotopic (exact) mass is 451 g/mol. The number of anilines is 1. The van der Waals surface area contributed by atoms with Crippen molar-refractivity contribution in [1.82, 2.24) is 10.6 Å². The number of thiocarbonyl (C=S) groups is 1. The molecule has 0 fully saturated rings. The van der Waals surface area contributed by atoms with Crippen molar-refractivity contribution in [3.8, 4) is 5.75 Å². The molecule has 2 aromatic rings. The zero-order valence-corrected chi connectivity index (χ0v) is 16.8. The van der Waals surface area contributed by atoms with E-state index >= 15 is 0 Å². The van der Waals surface area contributed by atoms with E-state index in [4.69, 9.17) is 58.6 Å². The molecule has 2 aromatic carbocycles. The number of phenolic OH excluding ortho intramolecular Hbond substituents is 1. The number of carbonyl (C=O) groups is 1. The van der Waals surface area contributed by atoms with Gasteiger partial charge in [-0.2, -0.15) is 0 Å². The normalized spacial score (nSPS) is 12.2. The van der Waals surface area contributed by atoms with Crippen LogP contribution < -0.4 is 16.0 Å². The molecule has 4 N–H and O–H groups in total. The van der Waals surface area contributed by atoms with E-state index in [9.17, 15) is 9.90 Å². The van der Waals surface area contributed by atoms with Crippen LogP contribution in [0.5, 0.6) is 5.75 Å². The van der Waals surface area contributed by atoms with Gasteiger partial charge in [-0.25, -0.2) is 0 Å². The molecule has 0 saturated heterocycles. The molecule has 138 valence electrons.